The van der Waals surface area contributed by atoms with Crippen LogP contribution in [0.1, 0.15) is 17.4 Å². The molecule has 1 aromatic carbocycles. The van der Waals surface area contributed by atoms with Gasteiger partial charge < -0.3 is 20.9 Å². The van der Waals surface area contributed by atoms with Crippen molar-refractivity contribution in [2.45, 2.75) is 17.9 Å². The number of hydrogen-bond donors (Lipinski definition) is 4. The fourth-order valence-corrected chi connectivity index (χ4v) is 4.40. The lowest BCUT2D eigenvalue weighted by Crippen LogP contribution is -2.52. The molecule has 168 valence electrons. The Morgan fingerprint density at radius 2 is 1.84 bits per heavy atom. The third-order valence-electron chi connectivity index (χ3n) is 5.31. The fraction of sp³-hybridized carbons (Fsp3) is 0.400. The van der Waals surface area contributed by atoms with Crippen LogP contribution in [0.15, 0.2) is 47.5 Å². The van der Waals surface area contributed by atoms with Crippen LogP contribution >= 0.6 is 0 Å². The Morgan fingerprint density at radius 3 is 2.45 bits per heavy atom. The highest BCUT2D eigenvalue weighted by Crippen LogP contribution is 2.16. The van der Waals surface area contributed by atoms with Crippen LogP contribution in [0.25, 0.3) is 0 Å². The Labute approximate surface area is 181 Å². The van der Waals surface area contributed by atoms with E-state index >= 15 is 0 Å². The van der Waals surface area contributed by atoms with Gasteiger partial charge in [0, 0.05) is 50.6 Å². The van der Waals surface area contributed by atoms with E-state index in [-0.39, 0.29) is 16.6 Å². The molecule has 11 heteroatoms. The number of amides is 2. The predicted octanol–water partition coefficient (Wildman–Crippen LogP) is -0.281. The Morgan fingerprint density at radius 1 is 1.16 bits per heavy atom. The number of H-pyrrole nitrogens is 1. The van der Waals surface area contributed by atoms with Crippen molar-refractivity contribution in [3.63, 3.8) is 0 Å². The van der Waals surface area contributed by atoms with E-state index in [1.54, 1.807) is 0 Å². The van der Waals surface area contributed by atoms with Gasteiger partial charge in [-0.05, 0) is 25.1 Å². The van der Waals surface area contributed by atoms with E-state index in [4.69, 9.17) is 5.73 Å². The molecule has 10 nitrogen and oxygen atoms in total. The molecule has 2 heterocycles. The highest BCUT2D eigenvalue weighted by Gasteiger charge is 2.22. The number of nitrogens with one attached hydrogen (secondary N) is 3. The number of aromatic nitrogens is 1. The highest BCUT2D eigenvalue weighted by molar-refractivity contribution is 7.89. The minimum absolute atomic E-state index is 0.0222. The molecule has 0 unspecified atom stereocenters. The average molecular weight is 449 g/mol. The van der Waals surface area contributed by atoms with Crippen molar-refractivity contribution in [1.82, 2.24) is 19.9 Å². The van der Waals surface area contributed by atoms with Gasteiger partial charge in [0.05, 0.1) is 6.54 Å². The molecule has 1 saturated heterocycles. The van der Waals surface area contributed by atoms with Crippen molar-refractivity contribution < 1.29 is 18.0 Å². The molecule has 1 aliphatic rings. The van der Waals surface area contributed by atoms with Gasteiger partial charge in [-0.15, -0.1) is 0 Å². The summed E-state index contributed by atoms with van der Waals surface area (Å²) >= 11 is 0. The van der Waals surface area contributed by atoms with Gasteiger partial charge in [-0.2, -0.15) is 0 Å². The van der Waals surface area contributed by atoms with Crippen LogP contribution in [0, 0.1) is 0 Å². The van der Waals surface area contributed by atoms with E-state index in [1.807, 2.05) is 25.1 Å². The van der Waals surface area contributed by atoms with Gasteiger partial charge in [-0.25, -0.2) is 13.1 Å². The van der Waals surface area contributed by atoms with E-state index in [9.17, 15) is 18.0 Å². The summed E-state index contributed by atoms with van der Waals surface area (Å²) < 4.78 is 26.7. The molecule has 1 fully saturated rings. The summed E-state index contributed by atoms with van der Waals surface area (Å²) in [5.41, 5.74) is 6.29. The molecule has 1 atom stereocenters. The summed E-state index contributed by atoms with van der Waals surface area (Å²) in [5.74, 6) is -1.19. The number of nitrogens with zero attached hydrogens (tertiary/aromatic N) is 2. The molecule has 31 heavy (non-hydrogen) atoms. The number of sulfonamides is 1. The zero-order valence-corrected chi connectivity index (χ0v) is 18.2. The van der Waals surface area contributed by atoms with Crippen LogP contribution < -0.4 is 20.7 Å². The monoisotopic (exact) mass is 448 g/mol. The second-order valence-corrected chi connectivity index (χ2v) is 9.22. The second kappa shape index (κ2) is 9.94. The van der Waals surface area contributed by atoms with E-state index < -0.39 is 28.4 Å². The van der Waals surface area contributed by atoms with Gasteiger partial charge in [0.25, 0.3) is 5.91 Å². The van der Waals surface area contributed by atoms with Gasteiger partial charge >= 0.3 is 0 Å². The van der Waals surface area contributed by atoms with Crippen molar-refractivity contribution in [1.29, 1.82) is 0 Å². The smallest absolute Gasteiger partial charge is 0.265 e. The number of piperazine rings is 1. The zero-order valence-electron chi connectivity index (χ0n) is 17.4. The molecule has 0 aliphatic carbocycles. The summed E-state index contributed by atoms with van der Waals surface area (Å²) in [4.78, 5) is 30.2. The topological polar surface area (TPSA) is 141 Å². The molecule has 0 radical (unpaired) electrons. The first kappa shape index (κ1) is 22.8. The predicted molar refractivity (Wildman–Crippen MR) is 117 cm³/mol. The molecule has 1 aromatic heterocycles. The number of nitrogens with two attached hydrogens (primary N) is 1. The molecule has 0 saturated carbocycles. The lowest BCUT2D eigenvalue weighted by molar-refractivity contribution is -0.120. The van der Waals surface area contributed by atoms with Crippen molar-refractivity contribution in [2.24, 2.45) is 5.73 Å². The Bertz CT molecular complexity index is 1000. The maximum atomic E-state index is 12.2. The van der Waals surface area contributed by atoms with Crippen molar-refractivity contribution in [2.75, 3.05) is 44.2 Å². The van der Waals surface area contributed by atoms with Crippen molar-refractivity contribution in [3.8, 4) is 0 Å². The van der Waals surface area contributed by atoms with Crippen LogP contribution in [0.5, 0.6) is 0 Å². The summed E-state index contributed by atoms with van der Waals surface area (Å²) in [7, 11) is -3.93. The third-order valence-corrected chi connectivity index (χ3v) is 6.69. The maximum absolute atomic E-state index is 12.2. The fourth-order valence-electron chi connectivity index (χ4n) is 3.43. The van der Waals surface area contributed by atoms with Gasteiger partial charge in [0.15, 0.2) is 0 Å². The largest absolute Gasteiger partial charge is 0.369 e. The molecule has 5 N–H and O–H groups in total. The summed E-state index contributed by atoms with van der Waals surface area (Å²) in [5, 5.41) is 2.77. The number of hydrogen-bond acceptors (Lipinski definition) is 6. The second-order valence-electron chi connectivity index (χ2n) is 7.45. The van der Waals surface area contributed by atoms with Crippen LogP contribution in [-0.2, 0) is 14.8 Å². The number of aromatic amines is 1. The van der Waals surface area contributed by atoms with Gasteiger partial charge in [-0.3, -0.25) is 14.5 Å². The lowest BCUT2D eigenvalue weighted by atomic mass is 10.2. The van der Waals surface area contributed by atoms with Crippen LogP contribution in [0.3, 0.4) is 0 Å². The molecular weight excluding hydrogens is 420 g/mol. The SMILES string of the molecule is C[C@H](CNC(=O)CNS(=O)(=O)c1c[nH]c(C(N)=O)c1)N1CCN(c2ccccc2)CC1. The van der Waals surface area contributed by atoms with Crippen molar-refractivity contribution in [3.05, 3.63) is 48.3 Å². The highest BCUT2D eigenvalue weighted by atomic mass is 32.2. The normalized spacial score (nSPS) is 16.1. The molecule has 0 spiro atoms. The summed E-state index contributed by atoms with van der Waals surface area (Å²) in [6.07, 6.45) is 1.15. The number of anilines is 1. The van der Waals surface area contributed by atoms with Gasteiger partial charge in [0.2, 0.25) is 15.9 Å². The number of para-hydroxylation sites is 1. The van der Waals surface area contributed by atoms with Crippen molar-refractivity contribution >= 4 is 27.5 Å². The maximum Gasteiger partial charge on any atom is 0.265 e. The first-order chi connectivity index (χ1) is 14.8. The van der Waals surface area contributed by atoms with Crippen LogP contribution in [-0.4, -0.2) is 75.4 Å². The molecule has 2 amide bonds. The standard InChI is InChI=1S/C20H28N6O4S/c1-15(25-7-9-26(10-8-25)16-5-3-2-4-6-16)12-23-19(27)14-24-31(29,30)17-11-18(20(21)28)22-13-17/h2-6,11,13,15,22,24H,7-10,12,14H2,1H3,(H2,21,28)(H,23,27)/t15-/m1/s1. The summed E-state index contributed by atoms with van der Waals surface area (Å²) in [6, 6.07) is 11.5. The minimum atomic E-state index is -3.93. The Hall–Kier alpha value is -2.89. The van der Waals surface area contributed by atoms with Crippen LogP contribution in [0.4, 0.5) is 5.69 Å². The number of rotatable bonds is 9. The first-order valence-corrected chi connectivity index (χ1v) is 11.5. The summed E-state index contributed by atoms with van der Waals surface area (Å²) in [6.45, 7) is 5.64. The van der Waals surface area contributed by atoms with Gasteiger partial charge in [-0.1, -0.05) is 18.2 Å². The Balaban J connectivity index is 1.40. The van der Waals surface area contributed by atoms with E-state index in [0.717, 1.165) is 38.4 Å². The molecule has 1 aliphatic heterocycles. The zero-order chi connectivity index (χ0) is 22.4. The van der Waals surface area contributed by atoms with E-state index in [1.165, 1.54) is 5.69 Å². The first-order valence-electron chi connectivity index (χ1n) is 10.0. The number of carbonyl (C=O) groups excluding carboxylic acids is 2. The lowest BCUT2D eigenvalue weighted by Gasteiger charge is -2.39. The minimum Gasteiger partial charge on any atom is -0.369 e. The quantitative estimate of drug-likeness (QED) is 0.416. The average Bonchev–Trinajstić information content (AvgIpc) is 3.29. The number of benzene rings is 1. The number of carbonyl (C=O) groups is 2. The molecule has 2 aromatic rings. The third kappa shape index (κ3) is 6.06. The molecule has 0 bridgehead atoms. The Kier molecular flexibility index (Phi) is 7.31. The molecule has 3 rings (SSSR count). The van der Waals surface area contributed by atoms with E-state index in [0.29, 0.717) is 6.54 Å². The number of primary amides is 1. The van der Waals surface area contributed by atoms with Gasteiger partial charge in [0.1, 0.15) is 10.6 Å². The molecular formula is C20H28N6O4S. The van der Waals surface area contributed by atoms with Crippen LogP contribution in [0.2, 0.25) is 0 Å². The van der Waals surface area contributed by atoms with E-state index in [2.05, 4.69) is 37.0 Å².